The summed E-state index contributed by atoms with van der Waals surface area (Å²) in [6.45, 7) is 0.561. The van der Waals surface area contributed by atoms with E-state index in [1.807, 2.05) is 0 Å². The molecule has 1 aromatic carbocycles. The van der Waals surface area contributed by atoms with Gasteiger partial charge in [0.05, 0.1) is 0 Å². The van der Waals surface area contributed by atoms with Crippen LogP contribution in [0.5, 0.6) is 0 Å². The molecule has 3 aliphatic rings. The highest BCUT2D eigenvalue weighted by Gasteiger charge is 2.51. The number of hydrogen-bond donors (Lipinski definition) is 1. The maximum atomic E-state index is 13.9. The summed E-state index contributed by atoms with van der Waals surface area (Å²) in [6, 6.07) is 2.91. The van der Waals surface area contributed by atoms with Gasteiger partial charge in [-0.25, -0.2) is 13.6 Å². The first kappa shape index (κ1) is 19.8. The molecule has 0 aromatic heterocycles. The third-order valence-corrected chi connectivity index (χ3v) is 6.31. The molecule has 29 heavy (non-hydrogen) atoms. The molecule has 1 unspecified atom stereocenters. The van der Waals surface area contributed by atoms with Crippen LogP contribution in [0, 0.1) is 17.6 Å². The Balaban J connectivity index is 1.40. The van der Waals surface area contributed by atoms with Gasteiger partial charge < -0.3 is 10.2 Å². The molecule has 0 radical (unpaired) electrons. The number of nitrogens with zero attached hydrogens (tertiary/aromatic N) is 2. The van der Waals surface area contributed by atoms with Crippen molar-refractivity contribution in [3.8, 4) is 0 Å². The number of carbonyl (C=O) groups is 3. The van der Waals surface area contributed by atoms with Gasteiger partial charge in [-0.15, -0.1) is 0 Å². The minimum Gasteiger partial charge on any atom is -0.338 e. The Bertz CT molecular complexity index is 836. The van der Waals surface area contributed by atoms with Crippen LogP contribution in [0.25, 0.3) is 0 Å². The highest BCUT2D eigenvalue weighted by atomic mass is 19.1. The molecule has 2 heterocycles. The summed E-state index contributed by atoms with van der Waals surface area (Å²) in [6.07, 6.45) is 5.49. The third-order valence-electron chi connectivity index (χ3n) is 6.31. The molecular formula is C21H25F2N3O3. The van der Waals surface area contributed by atoms with Crippen LogP contribution < -0.4 is 5.32 Å². The van der Waals surface area contributed by atoms with Crippen LogP contribution in [-0.4, -0.2) is 46.3 Å². The van der Waals surface area contributed by atoms with E-state index in [4.69, 9.17) is 0 Å². The van der Waals surface area contributed by atoms with E-state index in [0.717, 1.165) is 37.8 Å². The monoisotopic (exact) mass is 405 g/mol. The molecule has 6 nitrogen and oxygen atoms in total. The van der Waals surface area contributed by atoms with E-state index < -0.39 is 17.2 Å². The quantitative estimate of drug-likeness (QED) is 0.783. The average Bonchev–Trinajstić information content (AvgIpc) is 2.99. The van der Waals surface area contributed by atoms with Gasteiger partial charge in [-0.05, 0) is 18.9 Å². The first-order valence-corrected chi connectivity index (χ1v) is 10.2. The zero-order valence-corrected chi connectivity index (χ0v) is 16.3. The number of rotatable bonds is 4. The van der Waals surface area contributed by atoms with E-state index in [1.165, 1.54) is 15.9 Å². The van der Waals surface area contributed by atoms with Gasteiger partial charge in [0.25, 0.3) is 5.91 Å². The summed E-state index contributed by atoms with van der Waals surface area (Å²) in [5, 5.41) is 2.91. The summed E-state index contributed by atoms with van der Waals surface area (Å²) < 4.78 is 27.0. The standard InChI is InChI=1S/C21H25F2N3O3/c22-16-6-5-15(17(23)10-16)13-25-11-14(9-18(25)27)12-26-19(28)21(24-20(26)29)7-3-1-2-4-8-21/h5-6,10,14H,1-4,7-9,11-13H2,(H,24,29). The van der Waals surface area contributed by atoms with Gasteiger partial charge in [-0.2, -0.15) is 0 Å². The number of amides is 4. The topological polar surface area (TPSA) is 69.7 Å². The van der Waals surface area contributed by atoms with Gasteiger partial charge >= 0.3 is 6.03 Å². The number of benzene rings is 1. The van der Waals surface area contributed by atoms with Crippen LogP contribution >= 0.6 is 0 Å². The van der Waals surface area contributed by atoms with Crippen LogP contribution in [-0.2, 0) is 16.1 Å². The lowest BCUT2D eigenvalue weighted by atomic mass is 9.90. The number of halogens is 2. The van der Waals surface area contributed by atoms with Gasteiger partial charge in [0.2, 0.25) is 5.91 Å². The van der Waals surface area contributed by atoms with Gasteiger partial charge in [0, 0.05) is 43.6 Å². The second-order valence-electron chi connectivity index (χ2n) is 8.42. The smallest absolute Gasteiger partial charge is 0.325 e. The maximum absolute atomic E-state index is 13.9. The van der Waals surface area contributed by atoms with E-state index in [0.29, 0.717) is 19.4 Å². The average molecular weight is 405 g/mol. The maximum Gasteiger partial charge on any atom is 0.325 e. The van der Waals surface area contributed by atoms with Gasteiger partial charge in [0.1, 0.15) is 17.2 Å². The number of hydrogen-bond acceptors (Lipinski definition) is 3. The van der Waals surface area contributed by atoms with Crippen molar-refractivity contribution in [1.29, 1.82) is 0 Å². The summed E-state index contributed by atoms with van der Waals surface area (Å²) in [7, 11) is 0. The Morgan fingerprint density at radius 2 is 1.79 bits per heavy atom. The van der Waals surface area contributed by atoms with E-state index in [9.17, 15) is 23.2 Å². The lowest BCUT2D eigenvalue weighted by molar-refractivity contribution is -0.132. The van der Waals surface area contributed by atoms with Crippen LogP contribution in [0.2, 0.25) is 0 Å². The Kier molecular flexibility index (Phi) is 5.27. The SMILES string of the molecule is O=C1CC(CN2C(=O)NC3(CCCCCC3)C2=O)CN1Cc1ccc(F)cc1F. The van der Waals surface area contributed by atoms with Crippen molar-refractivity contribution in [3.63, 3.8) is 0 Å². The molecule has 1 spiro atoms. The predicted octanol–water partition coefficient (Wildman–Crippen LogP) is 2.96. The first-order chi connectivity index (χ1) is 13.9. The number of carbonyl (C=O) groups excluding carboxylic acids is 3. The van der Waals surface area contributed by atoms with E-state index in [1.54, 1.807) is 0 Å². The Labute approximate surface area is 168 Å². The van der Waals surface area contributed by atoms with Crippen LogP contribution in [0.1, 0.15) is 50.5 Å². The highest BCUT2D eigenvalue weighted by Crippen LogP contribution is 2.34. The van der Waals surface area contributed by atoms with E-state index in [2.05, 4.69) is 5.32 Å². The molecule has 1 aliphatic carbocycles. The number of urea groups is 1. The Hall–Kier alpha value is -2.51. The van der Waals surface area contributed by atoms with Crippen molar-refractivity contribution in [2.45, 2.75) is 57.0 Å². The highest BCUT2D eigenvalue weighted by molar-refractivity contribution is 6.07. The lowest BCUT2D eigenvalue weighted by Crippen LogP contribution is -2.46. The fourth-order valence-electron chi connectivity index (χ4n) is 4.76. The molecule has 2 aliphatic heterocycles. The first-order valence-electron chi connectivity index (χ1n) is 10.2. The zero-order chi connectivity index (χ0) is 20.6. The largest absolute Gasteiger partial charge is 0.338 e. The molecule has 3 fully saturated rings. The van der Waals surface area contributed by atoms with Crippen molar-refractivity contribution < 1.29 is 23.2 Å². The second-order valence-corrected chi connectivity index (χ2v) is 8.42. The predicted molar refractivity (Wildman–Crippen MR) is 101 cm³/mol. The molecule has 1 saturated carbocycles. The van der Waals surface area contributed by atoms with Crippen molar-refractivity contribution >= 4 is 17.8 Å². The molecule has 2 saturated heterocycles. The summed E-state index contributed by atoms with van der Waals surface area (Å²) in [5.41, 5.74) is -0.541. The minimum absolute atomic E-state index is 0.0471. The van der Waals surface area contributed by atoms with Crippen molar-refractivity contribution in [2.24, 2.45) is 5.92 Å². The van der Waals surface area contributed by atoms with Crippen LogP contribution in [0.3, 0.4) is 0 Å². The number of imide groups is 1. The Morgan fingerprint density at radius 3 is 2.48 bits per heavy atom. The van der Waals surface area contributed by atoms with Crippen LogP contribution in [0.15, 0.2) is 18.2 Å². The summed E-state index contributed by atoms with van der Waals surface area (Å²) >= 11 is 0. The molecule has 4 amide bonds. The van der Waals surface area contributed by atoms with Crippen LogP contribution in [0.4, 0.5) is 13.6 Å². The third kappa shape index (κ3) is 3.84. The minimum atomic E-state index is -0.785. The van der Waals surface area contributed by atoms with Gasteiger partial charge in [-0.3, -0.25) is 14.5 Å². The molecule has 1 atom stereocenters. The van der Waals surface area contributed by atoms with Crippen molar-refractivity contribution in [2.75, 3.05) is 13.1 Å². The normalized spacial score (nSPS) is 24.3. The van der Waals surface area contributed by atoms with E-state index >= 15 is 0 Å². The number of nitrogens with one attached hydrogen (secondary N) is 1. The molecule has 156 valence electrons. The second kappa shape index (κ2) is 7.72. The molecule has 1 aromatic rings. The zero-order valence-electron chi connectivity index (χ0n) is 16.3. The fourth-order valence-corrected chi connectivity index (χ4v) is 4.76. The molecule has 8 heteroatoms. The number of likely N-dealkylation sites (tertiary alicyclic amines) is 1. The summed E-state index contributed by atoms with van der Waals surface area (Å²) in [5.74, 6) is -1.88. The molecule has 1 N–H and O–H groups in total. The molecule has 4 rings (SSSR count). The molecular weight excluding hydrogens is 380 g/mol. The van der Waals surface area contributed by atoms with Gasteiger partial charge in [-0.1, -0.05) is 31.7 Å². The Morgan fingerprint density at radius 1 is 1.07 bits per heavy atom. The summed E-state index contributed by atoms with van der Waals surface area (Å²) in [4.78, 5) is 40.6. The molecule has 0 bridgehead atoms. The van der Waals surface area contributed by atoms with E-state index in [-0.39, 0.29) is 48.8 Å². The van der Waals surface area contributed by atoms with Crippen molar-refractivity contribution in [3.05, 3.63) is 35.4 Å². The van der Waals surface area contributed by atoms with Crippen molar-refractivity contribution in [1.82, 2.24) is 15.1 Å². The fraction of sp³-hybridized carbons (Fsp3) is 0.571. The van der Waals surface area contributed by atoms with Gasteiger partial charge in [0.15, 0.2) is 0 Å². The lowest BCUT2D eigenvalue weighted by Gasteiger charge is -2.25.